The van der Waals surface area contributed by atoms with Crippen molar-refractivity contribution in [1.82, 2.24) is 5.32 Å². The lowest BCUT2D eigenvalue weighted by Gasteiger charge is -2.15. The summed E-state index contributed by atoms with van der Waals surface area (Å²) in [5, 5.41) is 3.47. The number of hydrogen-bond donors (Lipinski definition) is 1. The minimum atomic E-state index is 0.372. The first-order chi connectivity index (χ1) is 8.90. The Hall–Kier alpha value is -1.31. The van der Waals surface area contributed by atoms with E-state index in [1.165, 1.54) is 11.1 Å². The summed E-state index contributed by atoms with van der Waals surface area (Å²) in [5.41, 5.74) is 2.60. The van der Waals surface area contributed by atoms with E-state index < -0.39 is 0 Å². The zero-order valence-corrected chi connectivity index (χ0v) is 11.1. The van der Waals surface area contributed by atoms with E-state index in [1.807, 2.05) is 12.1 Å². The van der Waals surface area contributed by atoms with Gasteiger partial charge in [-0.3, -0.25) is 0 Å². The first kappa shape index (κ1) is 13.1. The molecule has 2 aromatic carbocycles. The maximum atomic E-state index is 6.04. The van der Waals surface area contributed by atoms with Gasteiger partial charge in [-0.15, -0.1) is 11.6 Å². The number of halogens is 1. The summed E-state index contributed by atoms with van der Waals surface area (Å²) in [5.74, 6) is 1.02. The van der Waals surface area contributed by atoms with Crippen molar-refractivity contribution in [2.75, 3.05) is 12.4 Å². The molecule has 0 spiro atoms. The molecule has 18 heavy (non-hydrogen) atoms. The highest BCUT2D eigenvalue weighted by Crippen LogP contribution is 2.16. The van der Waals surface area contributed by atoms with Crippen molar-refractivity contribution >= 4 is 11.6 Å². The fraction of sp³-hybridized carbons (Fsp3) is 0.250. The van der Waals surface area contributed by atoms with Gasteiger partial charge in [0.1, 0.15) is 0 Å². The Morgan fingerprint density at radius 1 is 0.889 bits per heavy atom. The van der Waals surface area contributed by atoms with Crippen LogP contribution in [0, 0.1) is 0 Å². The van der Waals surface area contributed by atoms with Crippen LogP contribution >= 0.6 is 11.6 Å². The van der Waals surface area contributed by atoms with E-state index in [1.54, 1.807) is 0 Å². The lowest BCUT2D eigenvalue weighted by Crippen LogP contribution is -2.22. The highest BCUT2D eigenvalue weighted by molar-refractivity contribution is 6.18. The van der Waals surface area contributed by atoms with Crippen LogP contribution in [0.1, 0.15) is 17.0 Å². The molecule has 0 saturated heterocycles. The van der Waals surface area contributed by atoms with Gasteiger partial charge >= 0.3 is 0 Å². The monoisotopic (exact) mass is 259 g/mol. The van der Waals surface area contributed by atoms with Crippen LogP contribution in [0.25, 0.3) is 0 Å². The quantitative estimate of drug-likeness (QED) is 0.778. The predicted octanol–water partition coefficient (Wildman–Crippen LogP) is 3.80. The molecule has 0 fully saturated rings. The molecule has 94 valence electrons. The third-order valence-corrected chi connectivity index (χ3v) is 3.39. The molecule has 0 radical (unpaired) electrons. The standard InChI is InChI=1S/C16H18ClN/c17-11-16(15-9-5-2-6-10-15)13-18-12-14-7-3-1-4-8-14/h1-10,16,18H,11-13H2/t16-/m0/s1. The summed E-state index contributed by atoms with van der Waals surface area (Å²) < 4.78 is 0. The van der Waals surface area contributed by atoms with Gasteiger partial charge in [0, 0.05) is 24.9 Å². The highest BCUT2D eigenvalue weighted by atomic mass is 35.5. The minimum absolute atomic E-state index is 0.372. The number of hydrogen-bond acceptors (Lipinski definition) is 1. The third kappa shape index (κ3) is 3.86. The smallest absolute Gasteiger partial charge is 0.0304 e. The minimum Gasteiger partial charge on any atom is -0.312 e. The van der Waals surface area contributed by atoms with E-state index in [0.717, 1.165) is 13.1 Å². The molecule has 0 heterocycles. The maximum Gasteiger partial charge on any atom is 0.0304 e. The number of rotatable bonds is 6. The lowest BCUT2D eigenvalue weighted by atomic mass is 10.0. The van der Waals surface area contributed by atoms with Gasteiger partial charge in [0.15, 0.2) is 0 Å². The number of nitrogens with one attached hydrogen (secondary N) is 1. The zero-order chi connectivity index (χ0) is 12.6. The molecular formula is C16H18ClN. The summed E-state index contributed by atoms with van der Waals surface area (Å²) in [7, 11) is 0. The van der Waals surface area contributed by atoms with E-state index in [4.69, 9.17) is 11.6 Å². The highest BCUT2D eigenvalue weighted by Gasteiger charge is 2.08. The van der Waals surface area contributed by atoms with E-state index >= 15 is 0 Å². The zero-order valence-electron chi connectivity index (χ0n) is 10.4. The van der Waals surface area contributed by atoms with Crippen molar-refractivity contribution in [3.63, 3.8) is 0 Å². The second-order valence-corrected chi connectivity index (χ2v) is 4.69. The van der Waals surface area contributed by atoms with Crippen LogP contribution in [0.4, 0.5) is 0 Å². The van der Waals surface area contributed by atoms with Crippen LogP contribution in [-0.2, 0) is 6.54 Å². The Labute approximate surface area is 114 Å². The third-order valence-electron chi connectivity index (χ3n) is 3.02. The fourth-order valence-electron chi connectivity index (χ4n) is 1.97. The normalized spacial score (nSPS) is 12.3. The summed E-state index contributed by atoms with van der Waals surface area (Å²) >= 11 is 6.04. The second kappa shape index (κ2) is 7.20. The lowest BCUT2D eigenvalue weighted by molar-refractivity contribution is 0.618. The Kier molecular flexibility index (Phi) is 5.25. The molecule has 0 amide bonds. The molecule has 0 bridgehead atoms. The molecule has 1 nitrogen and oxygen atoms in total. The van der Waals surface area contributed by atoms with Crippen molar-refractivity contribution in [1.29, 1.82) is 0 Å². The van der Waals surface area contributed by atoms with Crippen molar-refractivity contribution in [3.05, 3.63) is 71.8 Å². The van der Waals surface area contributed by atoms with Gasteiger partial charge in [0.05, 0.1) is 0 Å². The molecule has 0 saturated carbocycles. The van der Waals surface area contributed by atoms with Gasteiger partial charge in [-0.1, -0.05) is 60.7 Å². The van der Waals surface area contributed by atoms with Crippen LogP contribution in [0.15, 0.2) is 60.7 Å². The van der Waals surface area contributed by atoms with Gasteiger partial charge in [0.25, 0.3) is 0 Å². The van der Waals surface area contributed by atoms with Gasteiger partial charge < -0.3 is 5.32 Å². The molecule has 0 aromatic heterocycles. The SMILES string of the molecule is ClC[C@@H](CNCc1ccccc1)c1ccccc1. The Bertz CT molecular complexity index is 441. The molecule has 0 unspecified atom stereocenters. The molecule has 0 aliphatic carbocycles. The molecule has 0 aliphatic rings. The Balaban J connectivity index is 1.85. The van der Waals surface area contributed by atoms with E-state index in [2.05, 4.69) is 53.8 Å². The van der Waals surface area contributed by atoms with Crippen LogP contribution in [0.2, 0.25) is 0 Å². The molecule has 1 atom stereocenters. The predicted molar refractivity (Wildman–Crippen MR) is 78.1 cm³/mol. The summed E-state index contributed by atoms with van der Waals surface area (Å²) in [6.45, 7) is 1.80. The van der Waals surface area contributed by atoms with Crippen LogP contribution in [0.5, 0.6) is 0 Å². The van der Waals surface area contributed by atoms with Gasteiger partial charge in [-0.25, -0.2) is 0 Å². The molecular weight excluding hydrogens is 242 g/mol. The maximum absolute atomic E-state index is 6.04. The number of alkyl halides is 1. The fourth-order valence-corrected chi connectivity index (χ4v) is 2.26. The summed E-state index contributed by atoms with van der Waals surface area (Å²) in [6, 6.07) is 20.9. The van der Waals surface area contributed by atoms with Crippen molar-refractivity contribution in [3.8, 4) is 0 Å². The first-order valence-electron chi connectivity index (χ1n) is 6.25. The topological polar surface area (TPSA) is 12.0 Å². The first-order valence-corrected chi connectivity index (χ1v) is 6.79. The summed E-state index contributed by atoms with van der Waals surface area (Å²) in [6.07, 6.45) is 0. The van der Waals surface area contributed by atoms with E-state index in [-0.39, 0.29) is 0 Å². The molecule has 2 heteroatoms. The van der Waals surface area contributed by atoms with Crippen molar-refractivity contribution < 1.29 is 0 Å². The van der Waals surface area contributed by atoms with Gasteiger partial charge in [-0.2, -0.15) is 0 Å². The Morgan fingerprint density at radius 3 is 2.11 bits per heavy atom. The second-order valence-electron chi connectivity index (χ2n) is 4.38. The van der Waals surface area contributed by atoms with Crippen molar-refractivity contribution in [2.45, 2.75) is 12.5 Å². The van der Waals surface area contributed by atoms with Crippen molar-refractivity contribution in [2.24, 2.45) is 0 Å². The van der Waals surface area contributed by atoms with Gasteiger partial charge in [0.2, 0.25) is 0 Å². The van der Waals surface area contributed by atoms with Crippen LogP contribution in [-0.4, -0.2) is 12.4 Å². The van der Waals surface area contributed by atoms with Crippen LogP contribution in [0.3, 0.4) is 0 Å². The van der Waals surface area contributed by atoms with E-state index in [9.17, 15) is 0 Å². The molecule has 0 aliphatic heterocycles. The number of benzene rings is 2. The van der Waals surface area contributed by atoms with Crippen LogP contribution < -0.4 is 5.32 Å². The largest absolute Gasteiger partial charge is 0.312 e. The average molecular weight is 260 g/mol. The molecule has 1 N–H and O–H groups in total. The molecule has 2 rings (SSSR count). The average Bonchev–Trinajstić information content (AvgIpc) is 2.46. The Morgan fingerprint density at radius 2 is 1.50 bits per heavy atom. The van der Waals surface area contributed by atoms with Gasteiger partial charge in [-0.05, 0) is 11.1 Å². The van der Waals surface area contributed by atoms with E-state index in [0.29, 0.717) is 11.8 Å². The summed E-state index contributed by atoms with van der Waals surface area (Å²) in [4.78, 5) is 0. The molecule has 2 aromatic rings.